The Balaban J connectivity index is 0.00000169. The van der Waals surface area contributed by atoms with Crippen LogP contribution in [0, 0.1) is 11.7 Å². The number of piperidine rings is 1. The Bertz CT molecular complexity index is 693. The van der Waals surface area contributed by atoms with Gasteiger partial charge in [-0.1, -0.05) is 12.1 Å². The van der Waals surface area contributed by atoms with E-state index in [9.17, 15) is 9.18 Å². The monoisotopic (exact) mass is 419 g/mol. The number of nitrogens with zero attached hydrogens (tertiary/aromatic N) is 1. The summed E-state index contributed by atoms with van der Waals surface area (Å²) in [4.78, 5) is 16.5. The average molecular weight is 420 g/mol. The summed E-state index contributed by atoms with van der Waals surface area (Å²) >= 11 is 1.43. The number of thiazole rings is 1. The fourth-order valence-corrected chi connectivity index (χ4v) is 3.77. The van der Waals surface area contributed by atoms with Gasteiger partial charge in [-0.25, -0.2) is 9.37 Å². The summed E-state index contributed by atoms with van der Waals surface area (Å²) in [7, 11) is 0. The zero-order valence-corrected chi connectivity index (χ0v) is 16.8. The summed E-state index contributed by atoms with van der Waals surface area (Å²) in [6.45, 7) is 2.88. The van der Waals surface area contributed by atoms with Crippen LogP contribution in [0.3, 0.4) is 0 Å². The molecule has 1 amide bonds. The third kappa shape index (κ3) is 6.83. The van der Waals surface area contributed by atoms with Gasteiger partial charge in [-0.05, 0) is 50.4 Å². The molecule has 2 aromatic rings. The van der Waals surface area contributed by atoms with E-state index in [0.717, 1.165) is 35.8 Å². The summed E-state index contributed by atoms with van der Waals surface area (Å²) in [6.07, 6.45) is 3.76. The molecule has 1 aromatic heterocycles. The molecule has 2 heterocycles. The van der Waals surface area contributed by atoms with E-state index in [1.54, 1.807) is 6.07 Å². The second-order valence-electron chi connectivity index (χ2n) is 6.18. The van der Waals surface area contributed by atoms with Gasteiger partial charge in [0.25, 0.3) is 0 Å². The lowest BCUT2D eigenvalue weighted by molar-refractivity contribution is -0.120. The van der Waals surface area contributed by atoms with Crippen molar-refractivity contribution < 1.29 is 9.18 Å². The number of benzene rings is 1. The lowest BCUT2D eigenvalue weighted by Crippen LogP contribution is -2.33. The molecule has 0 aliphatic carbocycles. The second-order valence-corrected chi connectivity index (χ2v) is 7.04. The molecule has 144 valence electrons. The molecule has 4 nitrogen and oxygen atoms in total. The van der Waals surface area contributed by atoms with E-state index in [0.29, 0.717) is 12.5 Å². The Labute approximate surface area is 169 Å². The molecule has 0 radical (unpaired) electrons. The van der Waals surface area contributed by atoms with Gasteiger partial charge in [-0.2, -0.15) is 0 Å². The number of halogens is 3. The maximum atomic E-state index is 13.3. The van der Waals surface area contributed by atoms with E-state index in [4.69, 9.17) is 0 Å². The van der Waals surface area contributed by atoms with Crippen LogP contribution in [0.25, 0.3) is 10.6 Å². The van der Waals surface area contributed by atoms with Crippen molar-refractivity contribution in [1.82, 2.24) is 15.6 Å². The Morgan fingerprint density at radius 1 is 1.38 bits per heavy atom. The third-order valence-corrected chi connectivity index (χ3v) is 5.18. The zero-order chi connectivity index (χ0) is 16.8. The van der Waals surface area contributed by atoms with Gasteiger partial charge in [0.2, 0.25) is 5.91 Å². The van der Waals surface area contributed by atoms with Crippen LogP contribution in [-0.2, 0) is 11.2 Å². The van der Waals surface area contributed by atoms with Gasteiger partial charge in [0.15, 0.2) is 0 Å². The van der Waals surface area contributed by atoms with E-state index >= 15 is 0 Å². The van der Waals surface area contributed by atoms with Gasteiger partial charge in [0, 0.05) is 17.5 Å². The van der Waals surface area contributed by atoms with Gasteiger partial charge < -0.3 is 10.6 Å². The molecule has 1 atom stereocenters. The number of carbonyl (C=O) groups is 1. The van der Waals surface area contributed by atoms with Crippen LogP contribution in [-0.4, -0.2) is 30.5 Å². The molecular weight excluding hydrogens is 396 g/mol. The van der Waals surface area contributed by atoms with Gasteiger partial charge in [0.05, 0.1) is 12.1 Å². The lowest BCUT2D eigenvalue weighted by atomic mass is 9.96. The van der Waals surface area contributed by atoms with E-state index in [2.05, 4.69) is 15.6 Å². The van der Waals surface area contributed by atoms with Gasteiger partial charge in [-0.3, -0.25) is 4.79 Å². The summed E-state index contributed by atoms with van der Waals surface area (Å²) in [5, 5.41) is 8.97. The smallest absolute Gasteiger partial charge is 0.226 e. The van der Waals surface area contributed by atoms with Crippen LogP contribution < -0.4 is 10.6 Å². The molecule has 2 N–H and O–H groups in total. The highest BCUT2D eigenvalue weighted by molar-refractivity contribution is 7.13. The lowest BCUT2D eigenvalue weighted by Gasteiger charge is -2.22. The van der Waals surface area contributed by atoms with Crippen molar-refractivity contribution in [3.8, 4) is 10.6 Å². The van der Waals surface area contributed by atoms with Crippen molar-refractivity contribution in [3.05, 3.63) is 41.2 Å². The first-order chi connectivity index (χ1) is 11.7. The summed E-state index contributed by atoms with van der Waals surface area (Å²) in [6, 6.07) is 6.36. The first kappa shape index (κ1) is 22.8. The highest BCUT2D eigenvalue weighted by atomic mass is 35.5. The first-order valence-electron chi connectivity index (χ1n) is 8.38. The van der Waals surface area contributed by atoms with E-state index in [-0.39, 0.29) is 43.0 Å². The van der Waals surface area contributed by atoms with Crippen LogP contribution in [0.2, 0.25) is 0 Å². The molecule has 1 saturated heterocycles. The largest absolute Gasteiger partial charge is 0.356 e. The van der Waals surface area contributed by atoms with Crippen LogP contribution in [0.15, 0.2) is 29.6 Å². The minimum absolute atomic E-state index is 0. The van der Waals surface area contributed by atoms with Crippen LogP contribution >= 0.6 is 36.2 Å². The molecule has 8 heteroatoms. The molecule has 0 saturated carbocycles. The van der Waals surface area contributed by atoms with Crippen molar-refractivity contribution >= 4 is 42.1 Å². The predicted octanol–water partition coefficient (Wildman–Crippen LogP) is 3.84. The Morgan fingerprint density at radius 3 is 2.96 bits per heavy atom. The molecule has 0 spiro atoms. The van der Waals surface area contributed by atoms with E-state index in [1.807, 2.05) is 11.4 Å². The number of amides is 1. The van der Waals surface area contributed by atoms with Gasteiger partial charge in [0.1, 0.15) is 10.8 Å². The minimum atomic E-state index is -0.279. The predicted molar refractivity (Wildman–Crippen MR) is 109 cm³/mol. The number of rotatable bonds is 6. The quantitative estimate of drug-likeness (QED) is 0.747. The molecule has 0 bridgehead atoms. The number of hydrogen-bond acceptors (Lipinski definition) is 4. The van der Waals surface area contributed by atoms with Crippen molar-refractivity contribution in [2.24, 2.45) is 5.92 Å². The minimum Gasteiger partial charge on any atom is -0.356 e. The third-order valence-electron chi connectivity index (χ3n) is 4.24. The Hall–Kier alpha value is -1.21. The number of aromatic nitrogens is 1. The fourth-order valence-electron chi connectivity index (χ4n) is 2.96. The molecule has 1 aromatic carbocycles. The normalized spacial score (nSPS) is 16.3. The summed E-state index contributed by atoms with van der Waals surface area (Å²) < 4.78 is 13.3. The first-order valence-corrected chi connectivity index (χ1v) is 9.26. The van der Waals surface area contributed by atoms with E-state index < -0.39 is 0 Å². The molecule has 1 aliphatic heterocycles. The van der Waals surface area contributed by atoms with Crippen LogP contribution in [0.4, 0.5) is 4.39 Å². The van der Waals surface area contributed by atoms with E-state index in [1.165, 1.54) is 36.3 Å². The Kier molecular flexibility index (Phi) is 10.1. The number of carbonyl (C=O) groups excluding carboxylic acids is 1. The van der Waals surface area contributed by atoms with Crippen LogP contribution in [0.5, 0.6) is 0 Å². The zero-order valence-electron chi connectivity index (χ0n) is 14.4. The van der Waals surface area contributed by atoms with Crippen molar-refractivity contribution in [3.63, 3.8) is 0 Å². The number of nitrogens with one attached hydrogen (secondary N) is 2. The molecule has 1 aliphatic rings. The highest BCUT2D eigenvalue weighted by Crippen LogP contribution is 2.24. The molecule has 1 unspecified atom stereocenters. The number of hydrogen-bond donors (Lipinski definition) is 2. The van der Waals surface area contributed by atoms with Crippen molar-refractivity contribution in [1.29, 1.82) is 0 Å². The molecular formula is C18H24Cl2FN3OS. The van der Waals surface area contributed by atoms with Gasteiger partial charge >= 0.3 is 0 Å². The van der Waals surface area contributed by atoms with Crippen LogP contribution in [0.1, 0.15) is 25.0 Å². The molecule has 1 fully saturated rings. The SMILES string of the molecule is Cl.Cl.O=C(Cc1csc(-c2cccc(F)c2)n1)NCCC1CCCNC1. The maximum Gasteiger partial charge on any atom is 0.226 e. The Morgan fingerprint density at radius 2 is 2.23 bits per heavy atom. The standard InChI is InChI=1S/C18H22FN3OS.2ClH/c19-15-5-1-4-14(9-15)18-22-16(12-24-18)10-17(23)21-8-6-13-3-2-7-20-11-13;;/h1,4-5,9,12-13,20H,2-3,6-8,10-11H2,(H,21,23);2*1H. The maximum absolute atomic E-state index is 13.3. The molecule has 26 heavy (non-hydrogen) atoms. The fraction of sp³-hybridized carbons (Fsp3) is 0.444. The van der Waals surface area contributed by atoms with Crippen molar-refractivity contribution in [2.45, 2.75) is 25.7 Å². The van der Waals surface area contributed by atoms with Gasteiger partial charge in [-0.15, -0.1) is 36.2 Å². The molecule has 3 rings (SSSR count). The summed E-state index contributed by atoms with van der Waals surface area (Å²) in [5.41, 5.74) is 1.48. The average Bonchev–Trinajstić information content (AvgIpc) is 3.04. The topological polar surface area (TPSA) is 54.0 Å². The summed E-state index contributed by atoms with van der Waals surface area (Å²) in [5.74, 6) is 0.381. The highest BCUT2D eigenvalue weighted by Gasteiger charge is 2.13. The second kappa shape index (κ2) is 11.5. The van der Waals surface area contributed by atoms with Crippen molar-refractivity contribution in [2.75, 3.05) is 19.6 Å².